The number of carboxylic acid groups (broad SMARTS) is 1. The van der Waals surface area contributed by atoms with Gasteiger partial charge < -0.3 is 25.2 Å². The fourth-order valence-corrected chi connectivity index (χ4v) is 3.25. The molecule has 0 aliphatic rings. The lowest BCUT2D eigenvalue weighted by molar-refractivity contribution is -0.148. The third-order valence-electron chi connectivity index (χ3n) is 4.67. The fraction of sp³-hybridized carbons (Fsp3) is 0.435. The minimum Gasteiger partial charge on any atom is -0.479 e. The topological polar surface area (TPSA) is 116 Å². The summed E-state index contributed by atoms with van der Waals surface area (Å²) in [5, 5.41) is 23.4. The van der Waals surface area contributed by atoms with Gasteiger partial charge in [0.25, 0.3) is 0 Å². The Kier molecular flexibility index (Phi) is 8.81. The number of hydrogen-bond donors (Lipinski definition) is 3. The zero-order valence-corrected chi connectivity index (χ0v) is 18.1. The number of rotatable bonds is 10. The molecule has 8 nitrogen and oxygen atoms in total. The van der Waals surface area contributed by atoms with E-state index in [1.807, 2.05) is 56.3 Å². The molecule has 0 radical (unpaired) electrons. The molecule has 1 unspecified atom stereocenters. The van der Waals surface area contributed by atoms with E-state index in [0.717, 1.165) is 16.3 Å². The minimum absolute atomic E-state index is 0.0354. The van der Waals surface area contributed by atoms with Gasteiger partial charge in [0.05, 0.1) is 13.2 Å². The Morgan fingerprint density at radius 1 is 1.06 bits per heavy atom. The van der Waals surface area contributed by atoms with Crippen LogP contribution >= 0.6 is 0 Å². The molecule has 0 aliphatic carbocycles. The summed E-state index contributed by atoms with van der Waals surface area (Å²) in [5.41, 5.74) is 0.845. The standard InChI is InChI=1S/C23H30N2O6/c1-4-31-22(29)19(12-16-9-10-17-7-5-6-8-18(17)11-16)24-23(30)25(13-15(2)3)14-20(26)21(27)28/h5-11,15,19-20,26H,4,12-14H2,1-3H3,(H,24,30)(H,27,28)/t19-,20?/m0/s1. The van der Waals surface area contributed by atoms with Crippen LogP contribution in [0.3, 0.4) is 0 Å². The number of carboxylic acids is 1. The predicted molar refractivity (Wildman–Crippen MR) is 117 cm³/mol. The lowest BCUT2D eigenvalue weighted by Crippen LogP contribution is -2.52. The van der Waals surface area contributed by atoms with Gasteiger partial charge in [-0.3, -0.25) is 0 Å². The molecule has 8 heteroatoms. The average Bonchev–Trinajstić information content (AvgIpc) is 2.72. The Morgan fingerprint density at radius 3 is 2.35 bits per heavy atom. The first-order valence-corrected chi connectivity index (χ1v) is 10.3. The molecule has 2 aromatic carbocycles. The van der Waals surface area contributed by atoms with E-state index in [1.54, 1.807) is 6.92 Å². The molecule has 0 saturated carbocycles. The number of hydrogen-bond acceptors (Lipinski definition) is 5. The summed E-state index contributed by atoms with van der Waals surface area (Å²) in [4.78, 5) is 37.6. The average molecular weight is 431 g/mol. The van der Waals surface area contributed by atoms with Crippen molar-refractivity contribution in [1.82, 2.24) is 10.2 Å². The molecule has 2 rings (SSSR count). The number of nitrogens with one attached hydrogen (secondary N) is 1. The van der Waals surface area contributed by atoms with E-state index in [4.69, 9.17) is 9.84 Å². The maximum absolute atomic E-state index is 12.9. The lowest BCUT2D eigenvalue weighted by Gasteiger charge is -2.28. The molecule has 0 bridgehead atoms. The zero-order chi connectivity index (χ0) is 23.0. The third kappa shape index (κ3) is 7.25. The fourth-order valence-electron chi connectivity index (χ4n) is 3.25. The number of carbonyl (C=O) groups is 3. The van der Waals surface area contributed by atoms with Gasteiger partial charge in [-0.2, -0.15) is 0 Å². The van der Waals surface area contributed by atoms with Crippen molar-refractivity contribution < 1.29 is 29.3 Å². The van der Waals surface area contributed by atoms with Gasteiger partial charge >= 0.3 is 18.0 Å². The molecule has 0 aliphatic heterocycles. The van der Waals surface area contributed by atoms with Crippen molar-refractivity contribution in [3.05, 3.63) is 48.0 Å². The van der Waals surface area contributed by atoms with Crippen LogP contribution in [0.15, 0.2) is 42.5 Å². The van der Waals surface area contributed by atoms with E-state index >= 15 is 0 Å². The Balaban J connectivity index is 2.21. The molecule has 2 amide bonds. The normalized spacial score (nSPS) is 12.9. The Labute approximate surface area is 181 Å². The van der Waals surface area contributed by atoms with Crippen LogP contribution in [0.25, 0.3) is 10.8 Å². The zero-order valence-electron chi connectivity index (χ0n) is 18.1. The van der Waals surface area contributed by atoms with Gasteiger partial charge in [0.2, 0.25) is 0 Å². The van der Waals surface area contributed by atoms with Crippen LogP contribution in [-0.4, -0.2) is 64.9 Å². The van der Waals surface area contributed by atoms with E-state index in [2.05, 4.69) is 5.32 Å². The van der Waals surface area contributed by atoms with Crippen LogP contribution in [0.1, 0.15) is 26.3 Å². The number of carbonyl (C=O) groups excluding carboxylic acids is 2. The second-order valence-corrected chi connectivity index (χ2v) is 7.79. The van der Waals surface area contributed by atoms with Gasteiger partial charge in [-0.25, -0.2) is 14.4 Å². The Morgan fingerprint density at radius 2 is 1.74 bits per heavy atom. The summed E-state index contributed by atoms with van der Waals surface area (Å²) in [6.07, 6.45) is -1.50. The smallest absolute Gasteiger partial charge is 0.334 e. The van der Waals surface area contributed by atoms with Crippen molar-refractivity contribution in [2.24, 2.45) is 5.92 Å². The lowest BCUT2D eigenvalue weighted by atomic mass is 10.0. The number of aliphatic hydroxyl groups excluding tert-OH is 1. The molecule has 0 fully saturated rings. The van der Waals surface area contributed by atoms with Crippen LogP contribution in [0.4, 0.5) is 4.79 Å². The van der Waals surface area contributed by atoms with E-state index in [-0.39, 0.29) is 32.0 Å². The molecule has 2 atom stereocenters. The number of ether oxygens (including phenoxy) is 1. The largest absolute Gasteiger partial charge is 0.479 e. The van der Waals surface area contributed by atoms with Crippen LogP contribution in [0, 0.1) is 5.92 Å². The number of esters is 1. The Bertz CT molecular complexity index is 914. The number of aliphatic carboxylic acids is 1. The van der Waals surface area contributed by atoms with Gasteiger partial charge in [-0.1, -0.05) is 56.3 Å². The van der Waals surface area contributed by atoms with Gasteiger partial charge in [0.1, 0.15) is 6.04 Å². The summed E-state index contributed by atoms with van der Waals surface area (Å²) in [5.74, 6) is -1.96. The van der Waals surface area contributed by atoms with Crippen LogP contribution in [0.2, 0.25) is 0 Å². The number of fused-ring (bicyclic) bond motifs is 1. The summed E-state index contributed by atoms with van der Waals surface area (Å²) >= 11 is 0. The highest BCUT2D eigenvalue weighted by Crippen LogP contribution is 2.17. The van der Waals surface area contributed by atoms with Crippen molar-refractivity contribution >= 4 is 28.7 Å². The molecule has 0 aromatic heterocycles. The first kappa shape index (κ1) is 24.1. The molecule has 0 heterocycles. The molecular formula is C23H30N2O6. The maximum Gasteiger partial charge on any atom is 0.334 e. The highest BCUT2D eigenvalue weighted by Gasteiger charge is 2.28. The van der Waals surface area contributed by atoms with E-state index in [1.165, 1.54) is 4.90 Å². The molecular weight excluding hydrogens is 400 g/mol. The highest BCUT2D eigenvalue weighted by molar-refractivity contribution is 5.85. The predicted octanol–water partition coefficient (Wildman–Crippen LogP) is 2.43. The van der Waals surface area contributed by atoms with E-state index in [0.29, 0.717) is 0 Å². The number of aliphatic hydroxyl groups is 1. The summed E-state index contributed by atoms with van der Waals surface area (Å²) < 4.78 is 5.13. The molecule has 0 spiro atoms. The second-order valence-electron chi connectivity index (χ2n) is 7.79. The van der Waals surface area contributed by atoms with E-state index in [9.17, 15) is 19.5 Å². The first-order valence-electron chi connectivity index (χ1n) is 10.3. The van der Waals surface area contributed by atoms with Gasteiger partial charge in [-0.05, 0) is 29.2 Å². The number of benzene rings is 2. The SMILES string of the molecule is CCOC(=O)[C@H](Cc1ccc2ccccc2c1)NC(=O)N(CC(C)C)CC(O)C(=O)O. The molecule has 31 heavy (non-hydrogen) atoms. The first-order chi connectivity index (χ1) is 14.7. The van der Waals surface area contributed by atoms with Gasteiger partial charge in [0, 0.05) is 13.0 Å². The quantitative estimate of drug-likeness (QED) is 0.499. The van der Waals surface area contributed by atoms with Crippen molar-refractivity contribution in [3.8, 4) is 0 Å². The third-order valence-corrected chi connectivity index (χ3v) is 4.67. The van der Waals surface area contributed by atoms with Crippen molar-refractivity contribution in [3.63, 3.8) is 0 Å². The molecule has 168 valence electrons. The molecule has 0 saturated heterocycles. The molecule has 2 aromatic rings. The van der Waals surface area contributed by atoms with E-state index < -0.39 is 30.1 Å². The summed E-state index contributed by atoms with van der Waals surface area (Å²) in [7, 11) is 0. The van der Waals surface area contributed by atoms with Gasteiger partial charge in [0.15, 0.2) is 6.10 Å². The highest BCUT2D eigenvalue weighted by atomic mass is 16.5. The van der Waals surface area contributed by atoms with Crippen LogP contribution in [0.5, 0.6) is 0 Å². The maximum atomic E-state index is 12.9. The minimum atomic E-state index is -1.72. The number of amides is 2. The van der Waals surface area contributed by atoms with Crippen LogP contribution < -0.4 is 5.32 Å². The van der Waals surface area contributed by atoms with Crippen LogP contribution in [-0.2, 0) is 20.7 Å². The number of urea groups is 1. The van der Waals surface area contributed by atoms with Crippen molar-refractivity contribution in [2.45, 2.75) is 39.3 Å². The summed E-state index contributed by atoms with van der Waals surface area (Å²) in [6.45, 7) is 5.42. The second kappa shape index (κ2) is 11.3. The van der Waals surface area contributed by atoms with Crippen molar-refractivity contribution in [2.75, 3.05) is 19.7 Å². The van der Waals surface area contributed by atoms with Crippen molar-refractivity contribution in [1.29, 1.82) is 0 Å². The summed E-state index contributed by atoms with van der Waals surface area (Å²) in [6, 6.07) is 12.0. The number of nitrogens with zero attached hydrogens (tertiary/aromatic N) is 1. The molecule has 3 N–H and O–H groups in total. The van der Waals surface area contributed by atoms with Gasteiger partial charge in [-0.15, -0.1) is 0 Å². The Hall–Kier alpha value is -3.13. The monoisotopic (exact) mass is 430 g/mol.